The Morgan fingerprint density at radius 1 is 1.37 bits per heavy atom. The molecule has 2 atom stereocenters. The van der Waals surface area contributed by atoms with Crippen LogP contribution in [-0.2, 0) is 11.2 Å². The monoisotopic (exact) mass is 402 g/mol. The molecule has 2 aromatic carbocycles. The Morgan fingerprint density at radius 2 is 2.20 bits per heavy atom. The van der Waals surface area contributed by atoms with E-state index in [1.807, 2.05) is 31.3 Å². The van der Waals surface area contributed by atoms with Crippen molar-refractivity contribution < 1.29 is 14.6 Å². The third-order valence-electron chi connectivity index (χ3n) is 5.61. The van der Waals surface area contributed by atoms with Gasteiger partial charge in [0.15, 0.2) is 0 Å². The van der Waals surface area contributed by atoms with Gasteiger partial charge in [0.2, 0.25) is 0 Å². The molecule has 3 N–H and O–H groups in total. The molecule has 0 amide bonds. The number of methoxy groups -OCH3 is 1. The van der Waals surface area contributed by atoms with Gasteiger partial charge in [-0.15, -0.1) is 0 Å². The molecule has 7 heteroatoms. The predicted octanol–water partition coefficient (Wildman–Crippen LogP) is 4.18. The molecule has 0 aliphatic heterocycles. The fraction of sp³-hybridized carbons (Fsp3) is 0.261. The summed E-state index contributed by atoms with van der Waals surface area (Å²) in [5, 5.41) is 26.4. The largest absolute Gasteiger partial charge is 0.496 e. The van der Waals surface area contributed by atoms with Crippen LogP contribution in [0.2, 0.25) is 0 Å². The molecule has 0 saturated heterocycles. The molecule has 1 saturated carbocycles. The zero-order valence-electron chi connectivity index (χ0n) is 16.8. The lowest BCUT2D eigenvalue weighted by atomic mass is 9.99. The van der Waals surface area contributed by atoms with Gasteiger partial charge in [-0.3, -0.25) is 9.89 Å². The van der Waals surface area contributed by atoms with E-state index >= 15 is 0 Å². The van der Waals surface area contributed by atoms with Gasteiger partial charge in [0.1, 0.15) is 5.75 Å². The van der Waals surface area contributed by atoms with Gasteiger partial charge < -0.3 is 14.8 Å². The molecule has 1 aliphatic carbocycles. The maximum atomic E-state index is 10.9. The SMILES string of the molecule is COc1cc(C)c2[nH]ccc2c1CC1CC1C(=O)O.N#Cc1ccc2cn[nH]c2c1. The van der Waals surface area contributed by atoms with Crippen LogP contribution in [0.3, 0.4) is 0 Å². The second kappa shape index (κ2) is 7.91. The van der Waals surface area contributed by atoms with Crippen molar-refractivity contribution in [2.75, 3.05) is 7.11 Å². The third kappa shape index (κ3) is 3.72. The highest BCUT2D eigenvalue weighted by Gasteiger charge is 2.43. The molecule has 0 spiro atoms. The molecule has 0 radical (unpaired) electrons. The summed E-state index contributed by atoms with van der Waals surface area (Å²) in [4.78, 5) is 14.2. The molecule has 2 heterocycles. The Morgan fingerprint density at radius 3 is 2.90 bits per heavy atom. The molecule has 4 aromatic rings. The number of carboxylic acids is 1. The molecule has 2 unspecified atom stereocenters. The summed E-state index contributed by atoms with van der Waals surface area (Å²) in [6.45, 7) is 2.04. The quantitative estimate of drug-likeness (QED) is 0.474. The second-order valence-corrected chi connectivity index (χ2v) is 7.57. The van der Waals surface area contributed by atoms with E-state index in [0.717, 1.165) is 51.5 Å². The van der Waals surface area contributed by atoms with Gasteiger partial charge in [-0.05, 0) is 61.6 Å². The lowest BCUT2D eigenvalue weighted by Crippen LogP contribution is -2.02. The van der Waals surface area contributed by atoms with Gasteiger partial charge >= 0.3 is 5.97 Å². The van der Waals surface area contributed by atoms with Crippen LogP contribution in [-0.4, -0.2) is 33.4 Å². The standard InChI is InChI=1S/C15H17NO3.C8H5N3/c1-8-5-13(19-2)12(10-3-4-16-14(8)10)7-9-6-11(9)15(17)18;9-4-6-1-2-7-5-10-11-8(7)3-6/h3-5,9,11,16H,6-7H2,1-2H3,(H,17,18);1-3,5H,(H,10,11). The van der Waals surface area contributed by atoms with Crippen LogP contribution in [0, 0.1) is 30.1 Å². The lowest BCUT2D eigenvalue weighted by Gasteiger charge is -2.11. The molecule has 30 heavy (non-hydrogen) atoms. The van der Waals surface area contributed by atoms with Crippen molar-refractivity contribution in [3.63, 3.8) is 0 Å². The van der Waals surface area contributed by atoms with Crippen LogP contribution in [0.25, 0.3) is 21.8 Å². The van der Waals surface area contributed by atoms with Gasteiger partial charge in [0, 0.05) is 28.0 Å². The van der Waals surface area contributed by atoms with Crippen LogP contribution >= 0.6 is 0 Å². The summed E-state index contributed by atoms with van der Waals surface area (Å²) in [6, 6.07) is 11.5. The number of aliphatic carboxylic acids is 1. The van der Waals surface area contributed by atoms with Crippen molar-refractivity contribution in [1.82, 2.24) is 15.2 Å². The summed E-state index contributed by atoms with van der Waals surface area (Å²) >= 11 is 0. The number of rotatable bonds is 4. The van der Waals surface area contributed by atoms with E-state index in [2.05, 4.69) is 21.3 Å². The molecular formula is C23H22N4O3. The first-order valence-corrected chi connectivity index (χ1v) is 9.71. The molecule has 5 rings (SSSR count). The minimum atomic E-state index is -0.679. The number of hydrogen-bond donors (Lipinski definition) is 3. The molecule has 152 valence electrons. The zero-order valence-corrected chi connectivity index (χ0v) is 16.8. The number of nitriles is 1. The number of fused-ring (bicyclic) bond motifs is 2. The Balaban J connectivity index is 0.000000168. The van der Waals surface area contributed by atoms with Crippen molar-refractivity contribution in [2.45, 2.75) is 19.8 Å². The molecule has 7 nitrogen and oxygen atoms in total. The maximum absolute atomic E-state index is 10.9. The number of carbonyl (C=O) groups is 1. The predicted molar refractivity (Wildman–Crippen MR) is 113 cm³/mol. The minimum Gasteiger partial charge on any atom is -0.496 e. The van der Waals surface area contributed by atoms with Gasteiger partial charge in [0.25, 0.3) is 0 Å². The molecule has 2 aromatic heterocycles. The Hall–Kier alpha value is -3.79. The second-order valence-electron chi connectivity index (χ2n) is 7.57. The number of hydrogen-bond acceptors (Lipinski definition) is 4. The van der Waals surface area contributed by atoms with Gasteiger partial charge in [-0.2, -0.15) is 10.4 Å². The number of carboxylic acid groups (broad SMARTS) is 1. The summed E-state index contributed by atoms with van der Waals surface area (Å²) in [5.41, 5.74) is 4.94. The van der Waals surface area contributed by atoms with Gasteiger partial charge in [-0.1, -0.05) is 0 Å². The fourth-order valence-electron chi connectivity index (χ4n) is 3.87. The number of H-pyrrole nitrogens is 2. The number of aromatic nitrogens is 3. The number of aryl methyl sites for hydroxylation is 1. The maximum Gasteiger partial charge on any atom is 0.306 e. The van der Waals surface area contributed by atoms with E-state index in [-0.39, 0.29) is 11.8 Å². The average Bonchev–Trinajstić information content (AvgIpc) is 3.14. The number of aromatic amines is 2. The van der Waals surface area contributed by atoms with Crippen LogP contribution in [0.15, 0.2) is 42.7 Å². The highest BCUT2D eigenvalue weighted by Crippen LogP contribution is 2.44. The van der Waals surface area contributed by atoms with E-state index in [1.165, 1.54) is 0 Å². The number of ether oxygens (including phenoxy) is 1. The highest BCUT2D eigenvalue weighted by atomic mass is 16.5. The van der Waals surface area contributed by atoms with Crippen molar-refractivity contribution in [3.05, 3.63) is 59.4 Å². The smallest absolute Gasteiger partial charge is 0.306 e. The van der Waals surface area contributed by atoms with Crippen LogP contribution in [0.1, 0.15) is 23.1 Å². The van der Waals surface area contributed by atoms with Crippen molar-refractivity contribution >= 4 is 27.8 Å². The normalized spacial score (nSPS) is 17.2. The first-order chi connectivity index (χ1) is 14.5. The zero-order chi connectivity index (χ0) is 21.3. The van der Waals surface area contributed by atoms with E-state index in [9.17, 15) is 4.79 Å². The van der Waals surface area contributed by atoms with Gasteiger partial charge in [-0.25, -0.2) is 0 Å². The number of nitrogens with one attached hydrogen (secondary N) is 2. The van der Waals surface area contributed by atoms with Gasteiger partial charge in [0.05, 0.1) is 36.4 Å². The Bertz CT molecular complexity index is 1260. The summed E-state index contributed by atoms with van der Waals surface area (Å²) in [6.07, 6.45) is 5.20. The Kier molecular flexibility index (Phi) is 5.15. The number of benzene rings is 2. The Labute approximate surface area is 173 Å². The van der Waals surface area contributed by atoms with Crippen molar-refractivity contribution in [3.8, 4) is 11.8 Å². The summed E-state index contributed by atoms with van der Waals surface area (Å²) in [7, 11) is 1.67. The first kappa shape index (κ1) is 19.5. The van der Waals surface area contributed by atoms with E-state index < -0.39 is 5.97 Å². The first-order valence-electron chi connectivity index (χ1n) is 9.71. The fourth-order valence-corrected chi connectivity index (χ4v) is 3.87. The molecule has 0 bridgehead atoms. The lowest BCUT2D eigenvalue weighted by molar-refractivity contribution is -0.138. The molecular weight excluding hydrogens is 380 g/mol. The summed E-state index contributed by atoms with van der Waals surface area (Å²) in [5.74, 6) is 0.245. The average molecular weight is 402 g/mol. The molecule has 1 aliphatic rings. The number of nitrogens with zero attached hydrogens (tertiary/aromatic N) is 2. The molecule has 1 fully saturated rings. The van der Waals surface area contributed by atoms with Crippen LogP contribution < -0.4 is 4.74 Å². The third-order valence-corrected chi connectivity index (χ3v) is 5.61. The van der Waals surface area contributed by atoms with E-state index in [4.69, 9.17) is 15.1 Å². The van der Waals surface area contributed by atoms with Crippen LogP contribution in [0.4, 0.5) is 0 Å². The topological polar surface area (TPSA) is 115 Å². The van der Waals surface area contributed by atoms with Crippen molar-refractivity contribution in [2.24, 2.45) is 11.8 Å². The van der Waals surface area contributed by atoms with Crippen LogP contribution in [0.5, 0.6) is 5.75 Å². The minimum absolute atomic E-state index is 0.181. The van der Waals surface area contributed by atoms with Crippen molar-refractivity contribution in [1.29, 1.82) is 5.26 Å². The van der Waals surface area contributed by atoms with E-state index in [1.54, 1.807) is 25.4 Å². The van der Waals surface area contributed by atoms with E-state index in [0.29, 0.717) is 5.56 Å². The summed E-state index contributed by atoms with van der Waals surface area (Å²) < 4.78 is 5.47. The highest BCUT2D eigenvalue weighted by molar-refractivity contribution is 5.88.